The van der Waals surface area contributed by atoms with Crippen LogP contribution in [0, 0.1) is 0 Å². The lowest BCUT2D eigenvalue weighted by atomic mass is 10.2. The molecular formula is C6H3ClO3. The van der Waals surface area contributed by atoms with Gasteiger partial charge in [0, 0.05) is 12.5 Å². The van der Waals surface area contributed by atoms with Crippen molar-refractivity contribution in [3.05, 3.63) is 11.6 Å². The first-order valence-corrected chi connectivity index (χ1v) is 2.73. The van der Waals surface area contributed by atoms with Gasteiger partial charge in [-0.2, -0.15) is 0 Å². The Bertz CT molecular complexity index is 231. The van der Waals surface area contributed by atoms with Crippen LogP contribution >= 0.6 is 11.6 Å². The second-order valence-electron chi connectivity index (χ2n) is 1.38. The molecule has 0 radical (unpaired) electrons. The maximum absolute atomic E-state index is 10.2. The highest BCUT2D eigenvalue weighted by Gasteiger charge is 2.03. The topological polar surface area (TPSA) is 51.2 Å². The monoisotopic (exact) mass is 158 g/mol. The number of halogens is 1. The molecule has 4 heteroatoms. The number of hydrogen-bond acceptors (Lipinski definition) is 3. The summed E-state index contributed by atoms with van der Waals surface area (Å²) in [5, 5.41) is -0.887. The summed E-state index contributed by atoms with van der Waals surface area (Å²) >= 11 is 4.89. The van der Waals surface area contributed by atoms with E-state index in [-0.39, 0.29) is 12.0 Å². The molecule has 0 spiro atoms. The van der Waals surface area contributed by atoms with Gasteiger partial charge in [-0.1, -0.05) is 0 Å². The molecule has 0 heterocycles. The van der Waals surface area contributed by atoms with Gasteiger partial charge in [0.2, 0.25) is 0 Å². The Morgan fingerprint density at radius 3 is 2.40 bits per heavy atom. The highest BCUT2D eigenvalue weighted by atomic mass is 35.5. The molecule has 0 saturated heterocycles. The lowest BCUT2D eigenvalue weighted by Crippen LogP contribution is -1.92. The summed E-state index contributed by atoms with van der Waals surface area (Å²) in [6.07, 6.45) is 0.885. The van der Waals surface area contributed by atoms with E-state index in [0.29, 0.717) is 0 Å². The van der Waals surface area contributed by atoms with Crippen molar-refractivity contribution in [1.82, 2.24) is 0 Å². The molecule has 0 saturated carbocycles. The normalized spacial score (nSPS) is 7.30. The number of carbonyl (C=O) groups is 1. The van der Waals surface area contributed by atoms with Crippen LogP contribution in [0.4, 0.5) is 0 Å². The predicted octanol–water partition coefficient (Wildman–Crippen LogP) is 0.288. The molecule has 0 N–H and O–H groups in total. The molecule has 3 nitrogen and oxygen atoms in total. The fourth-order valence-electron chi connectivity index (χ4n) is 0.306. The molecule has 0 bridgehead atoms. The van der Waals surface area contributed by atoms with Gasteiger partial charge in [-0.15, -0.1) is 0 Å². The minimum Gasteiger partial charge on any atom is -0.275 e. The van der Waals surface area contributed by atoms with E-state index in [9.17, 15) is 14.4 Å². The van der Waals surface area contributed by atoms with E-state index in [1.54, 1.807) is 0 Å². The van der Waals surface area contributed by atoms with Crippen molar-refractivity contribution in [2.45, 2.75) is 6.42 Å². The van der Waals surface area contributed by atoms with Crippen molar-refractivity contribution in [3.8, 4) is 0 Å². The highest BCUT2D eigenvalue weighted by molar-refractivity contribution is 6.68. The molecule has 0 amide bonds. The lowest BCUT2D eigenvalue weighted by Gasteiger charge is -1.84. The summed E-state index contributed by atoms with van der Waals surface area (Å²) < 4.78 is 0. The zero-order valence-electron chi connectivity index (χ0n) is 4.89. The molecule has 0 aliphatic rings. The van der Waals surface area contributed by atoms with Crippen molar-refractivity contribution in [3.63, 3.8) is 0 Å². The quantitative estimate of drug-likeness (QED) is 0.337. The number of carbonyl (C=O) groups excluding carboxylic acids is 3. The Morgan fingerprint density at radius 2 is 2.10 bits per heavy atom. The number of rotatable bonds is 3. The van der Waals surface area contributed by atoms with Crippen molar-refractivity contribution in [2.24, 2.45) is 0 Å². The summed E-state index contributed by atoms with van der Waals surface area (Å²) in [5.41, 5.74) is -0.259. The van der Waals surface area contributed by atoms with Gasteiger partial charge in [0.25, 0.3) is 5.24 Å². The maximum Gasteiger partial charge on any atom is 0.259 e. The van der Waals surface area contributed by atoms with Gasteiger partial charge in [-0.3, -0.25) is 4.79 Å². The van der Waals surface area contributed by atoms with Gasteiger partial charge in [-0.25, -0.2) is 9.59 Å². The standard InChI is InChI=1S/C6H3ClO3/c7-6(10)5(4-9)2-1-3-8/h1H,2H2. The van der Waals surface area contributed by atoms with E-state index in [0.717, 1.165) is 6.08 Å². The van der Waals surface area contributed by atoms with Gasteiger partial charge in [-0.05, 0) is 11.6 Å². The summed E-state index contributed by atoms with van der Waals surface area (Å²) in [5.74, 6) is 2.71. The van der Waals surface area contributed by atoms with Crippen LogP contribution in [0.25, 0.3) is 0 Å². The van der Waals surface area contributed by atoms with E-state index in [2.05, 4.69) is 0 Å². The van der Waals surface area contributed by atoms with Gasteiger partial charge in [0.05, 0.1) is 5.57 Å². The van der Waals surface area contributed by atoms with Crippen LogP contribution < -0.4 is 0 Å². The zero-order chi connectivity index (χ0) is 7.98. The van der Waals surface area contributed by atoms with E-state index in [1.807, 2.05) is 0 Å². The number of hydrogen-bond donors (Lipinski definition) is 0. The van der Waals surface area contributed by atoms with E-state index < -0.39 is 5.24 Å². The maximum atomic E-state index is 10.2. The van der Waals surface area contributed by atoms with Crippen LogP contribution in [0.3, 0.4) is 0 Å². The molecular weight excluding hydrogens is 156 g/mol. The predicted molar refractivity (Wildman–Crippen MR) is 34.9 cm³/mol. The summed E-state index contributed by atoms with van der Waals surface area (Å²) in [4.78, 5) is 29.6. The third-order valence-electron chi connectivity index (χ3n) is 0.750. The Kier molecular flexibility index (Phi) is 4.17. The van der Waals surface area contributed by atoms with Crippen LogP contribution in [0.2, 0.25) is 0 Å². The molecule has 0 unspecified atom stereocenters. The first-order valence-electron chi connectivity index (χ1n) is 2.35. The zero-order valence-corrected chi connectivity index (χ0v) is 5.64. The van der Waals surface area contributed by atoms with Crippen LogP contribution in [-0.2, 0) is 14.4 Å². The van der Waals surface area contributed by atoms with Crippen LogP contribution in [0.5, 0.6) is 0 Å². The van der Waals surface area contributed by atoms with Crippen molar-refractivity contribution >= 4 is 28.7 Å². The van der Waals surface area contributed by atoms with E-state index >= 15 is 0 Å². The fourth-order valence-corrected chi connectivity index (χ4v) is 0.421. The average Bonchev–Trinajstić information content (AvgIpc) is 1.89. The summed E-state index contributed by atoms with van der Waals surface area (Å²) in [6.45, 7) is 0. The van der Waals surface area contributed by atoms with Crippen LogP contribution in [-0.4, -0.2) is 17.1 Å². The van der Waals surface area contributed by atoms with Gasteiger partial charge in [0.15, 0.2) is 0 Å². The minimum atomic E-state index is -0.887. The molecule has 0 aromatic rings. The Balaban J connectivity index is 4.26. The van der Waals surface area contributed by atoms with Gasteiger partial charge < -0.3 is 0 Å². The summed E-state index contributed by atoms with van der Waals surface area (Å²) in [6, 6.07) is 0. The van der Waals surface area contributed by atoms with Gasteiger partial charge >= 0.3 is 0 Å². The smallest absolute Gasteiger partial charge is 0.259 e. The van der Waals surface area contributed by atoms with Crippen molar-refractivity contribution < 1.29 is 14.4 Å². The summed E-state index contributed by atoms with van der Waals surface area (Å²) in [7, 11) is 0. The molecule has 10 heavy (non-hydrogen) atoms. The molecule has 0 aliphatic heterocycles. The second-order valence-corrected chi connectivity index (χ2v) is 1.72. The van der Waals surface area contributed by atoms with Crippen LogP contribution in [0.1, 0.15) is 6.42 Å². The SMILES string of the molecule is O=C=CCC(=C=O)C(=O)Cl. The van der Waals surface area contributed by atoms with Crippen molar-refractivity contribution in [1.29, 1.82) is 0 Å². The number of allylic oxidation sites excluding steroid dienone is 2. The Hall–Kier alpha value is -1.14. The Morgan fingerprint density at radius 1 is 1.50 bits per heavy atom. The molecule has 0 rings (SSSR count). The van der Waals surface area contributed by atoms with Crippen LogP contribution in [0.15, 0.2) is 11.6 Å². The minimum absolute atomic E-state index is 0.102. The van der Waals surface area contributed by atoms with Crippen molar-refractivity contribution in [2.75, 3.05) is 0 Å². The molecule has 0 aromatic carbocycles. The molecule has 0 aliphatic carbocycles. The van der Waals surface area contributed by atoms with E-state index in [4.69, 9.17) is 11.6 Å². The molecule has 52 valence electrons. The van der Waals surface area contributed by atoms with E-state index in [1.165, 1.54) is 11.9 Å². The average molecular weight is 159 g/mol. The third-order valence-corrected chi connectivity index (χ3v) is 0.978. The third kappa shape index (κ3) is 3.00. The Labute approximate surface area is 62.0 Å². The van der Waals surface area contributed by atoms with Gasteiger partial charge in [0.1, 0.15) is 11.9 Å². The first kappa shape index (κ1) is 8.86. The first-order chi connectivity index (χ1) is 4.72. The largest absolute Gasteiger partial charge is 0.275 e. The highest BCUT2D eigenvalue weighted by Crippen LogP contribution is 2.00. The lowest BCUT2D eigenvalue weighted by molar-refractivity contribution is -0.108. The fraction of sp³-hybridized carbons (Fsp3) is 0.167. The second kappa shape index (κ2) is 4.71. The molecule has 0 atom stereocenters. The molecule has 0 fully saturated rings. The molecule has 0 aromatic heterocycles.